The van der Waals surface area contributed by atoms with Crippen molar-refractivity contribution < 1.29 is 19.5 Å². The van der Waals surface area contributed by atoms with E-state index in [-0.39, 0.29) is 30.7 Å². The summed E-state index contributed by atoms with van der Waals surface area (Å²) in [6, 6.07) is 0.341. The number of aliphatic carboxylic acids is 1. The van der Waals surface area contributed by atoms with Crippen molar-refractivity contribution in [1.29, 1.82) is 0 Å². The summed E-state index contributed by atoms with van der Waals surface area (Å²) in [6.45, 7) is 2.14. The lowest BCUT2D eigenvalue weighted by Gasteiger charge is -2.15. The van der Waals surface area contributed by atoms with Crippen LogP contribution >= 0.6 is 0 Å². The highest BCUT2D eigenvalue weighted by molar-refractivity contribution is 5.89. The summed E-state index contributed by atoms with van der Waals surface area (Å²) in [5.41, 5.74) is 0. The van der Waals surface area contributed by atoms with Gasteiger partial charge in [-0.15, -0.1) is 0 Å². The second-order valence-corrected chi connectivity index (χ2v) is 5.16. The molecule has 6 nitrogen and oxygen atoms in total. The van der Waals surface area contributed by atoms with E-state index in [0.717, 1.165) is 12.8 Å². The Morgan fingerprint density at radius 3 is 2.72 bits per heavy atom. The van der Waals surface area contributed by atoms with E-state index < -0.39 is 11.9 Å². The molecular weight excluding hydrogens is 236 g/mol. The fourth-order valence-corrected chi connectivity index (χ4v) is 2.13. The topological polar surface area (TPSA) is 86.7 Å². The molecular formula is C12H18N2O4. The van der Waals surface area contributed by atoms with Gasteiger partial charge in [-0.2, -0.15) is 0 Å². The van der Waals surface area contributed by atoms with Gasteiger partial charge in [-0.05, 0) is 12.8 Å². The predicted molar refractivity (Wildman–Crippen MR) is 62.7 cm³/mol. The van der Waals surface area contributed by atoms with Crippen LogP contribution in [-0.4, -0.2) is 46.9 Å². The molecule has 1 heterocycles. The smallest absolute Gasteiger partial charge is 0.308 e. The Bertz CT molecular complexity index is 378. The van der Waals surface area contributed by atoms with Crippen molar-refractivity contribution in [1.82, 2.24) is 10.2 Å². The van der Waals surface area contributed by atoms with Crippen molar-refractivity contribution in [3.63, 3.8) is 0 Å². The SMILES string of the molecule is CC(CNC(=O)C1CC(=O)N(C2CC2)C1)C(=O)O. The van der Waals surface area contributed by atoms with Crippen LogP contribution < -0.4 is 5.32 Å². The van der Waals surface area contributed by atoms with Gasteiger partial charge in [0.15, 0.2) is 0 Å². The molecule has 0 aromatic heterocycles. The quantitative estimate of drug-likeness (QED) is 0.713. The van der Waals surface area contributed by atoms with E-state index >= 15 is 0 Å². The highest BCUT2D eigenvalue weighted by atomic mass is 16.4. The van der Waals surface area contributed by atoms with E-state index in [1.165, 1.54) is 0 Å². The molecule has 0 spiro atoms. The summed E-state index contributed by atoms with van der Waals surface area (Å²) in [7, 11) is 0. The fourth-order valence-electron chi connectivity index (χ4n) is 2.13. The molecule has 2 aliphatic rings. The molecule has 0 bridgehead atoms. The van der Waals surface area contributed by atoms with E-state index in [4.69, 9.17) is 5.11 Å². The number of hydrogen-bond donors (Lipinski definition) is 2. The Balaban J connectivity index is 1.79. The van der Waals surface area contributed by atoms with Crippen LogP contribution in [0.3, 0.4) is 0 Å². The van der Waals surface area contributed by atoms with Crippen molar-refractivity contribution in [2.75, 3.05) is 13.1 Å². The number of likely N-dealkylation sites (tertiary alicyclic amines) is 1. The van der Waals surface area contributed by atoms with Crippen LogP contribution in [0.25, 0.3) is 0 Å². The minimum absolute atomic E-state index is 0.0453. The van der Waals surface area contributed by atoms with E-state index in [1.54, 1.807) is 11.8 Å². The first-order chi connectivity index (χ1) is 8.49. The van der Waals surface area contributed by atoms with Crippen molar-refractivity contribution in [2.45, 2.75) is 32.2 Å². The lowest BCUT2D eigenvalue weighted by Crippen LogP contribution is -2.37. The molecule has 1 aliphatic heterocycles. The largest absolute Gasteiger partial charge is 0.481 e. The van der Waals surface area contributed by atoms with Gasteiger partial charge in [0, 0.05) is 25.6 Å². The van der Waals surface area contributed by atoms with Crippen LogP contribution in [0.5, 0.6) is 0 Å². The van der Waals surface area contributed by atoms with Gasteiger partial charge in [0.2, 0.25) is 11.8 Å². The first-order valence-electron chi connectivity index (χ1n) is 6.29. The van der Waals surface area contributed by atoms with Crippen molar-refractivity contribution in [2.24, 2.45) is 11.8 Å². The standard InChI is InChI=1S/C12H18N2O4/c1-7(12(17)18)5-13-11(16)8-4-10(15)14(6-8)9-2-3-9/h7-9H,2-6H2,1H3,(H,13,16)(H,17,18). The van der Waals surface area contributed by atoms with Gasteiger partial charge in [0.25, 0.3) is 0 Å². The van der Waals surface area contributed by atoms with Gasteiger partial charge < -0.3 is 15.3 Å². The fraction of sp³-hybridized carbons (Fsp3) is 0.750. The van der Waals surface area contributed by atoms with Gasteiger partial charge in [-0.1, -0.05) is 6.92 Å². The van der Waals surface area contributed by atoms with Crippen molar-refractivity contribution in [3.8, 4) is 0 Å². The third-order valence-corrected chi connectivity index (χ3v) is 3.52. The lowest BCUT2D eigenvalue weighted by molar-refractivity contribution is -0.141. The monoisotopic (exact) mass is 254 g/mol. The minimum Gasteiger partial charge on any atom is -0.481 e. The number of carbonyl (C=O) groups excluding carboxylic acids is 2. The molecule has 2 unspecified atom stereocenters. The third-order valence-electron chi connectivity index (χ3n) is 3.52. The maximum atomic E-state index is 11.8. The Kier molecular flexibility index (Phi) is 3.54. The summed E-state index contributed by atoms with van der Waals surface area (Å²) in [4.78, 5) is 35.9. The number of carboxylic acid groups (broad SMARTS) is 1. The maximum absolute atomic E-state index is 11.8. The second kappa shape index (κ2) is 4.96. The molecule has 1 saturated heterocycles. The normalized spacial score (nSPS) is 25.1. The highest BCUT2D eigenvalue weighted by Crippen LogP contribution is 2.32. The van der Waals surface area contributed by atoms with Crippen molar-refractivity contribution >= 4 is 17.8 Å². The number of nitrogens with zero attached hydrogens (tertiary/aromatic N) is 1. The van der Waals surface area contributed by atoms with E-state index in [9.17, 15) is 14.4 Å². The van der Waals surface area contributed by atoms with E-state index in [0.29, 0.717) is 12.6 Å². The molecule has 2 fully saturated rings. The maximum Gasteiger partial charge on any atom is 0.308 e. The number of hydrogen-bond acceptors (Lipinski definition) is 3. The molecule has 100 valence electrons. The van der Waals surface area contributed by atoms with E-state index in [2.05, 4.69) is 5.32 Å². The van der Waals surface area contributed by atoms with Crippen LogP contribution in [0.1, 0.15) is 26.2 Å². The molecule has 6 heteroatoms. The molecule has 18 heavy (non-hydrogen) atoms. The highest BCUT2D eigenvalue weighted by Gasteiger charge is 2.41. The zero-order valence-corrected chi connectivity index (χ0v) is 10.4. The average molecular weight is 254 g/mol. The number of carbonyl (C=O) groups is 3. The van der Waals surface area contributed by atoms with Gasteiger partial charge in [0.1, 0.15) is 0 Å². The van der Waals surface area contributed by atoms with Crippen LogP contribution in [0.2, 0.25) is 0 Å². The molecule has 2 rings (SSSR count). The summed E-state index contributed by atoms with van der Waals surface area (Å²) >= 11 is 0. The minimum atomic E-state index is -0.933. The summed E-state index contributed by atoms with van der Waals surface area (Å²) in [5.74, 6) is -2.02. The first-order valence-corrected chi connectivity index (χ1v) is 6.29. The van der Waals surface area contributed by atoms with Gasteiger partial charge in [-0.3, -0.25) is 14.4 Å². The number of rotatable bonds is 5. The lowest BCUT2D eigenvalue weighted by atomic mass is 10.1. The van der Waals surface area contributed by atoms with Gasteiger partial charge >= 0.3 is 5.97 Å². The van der Waals surface area contributed by atoms with Crippen LogP contribution in [0, 0.1) is 11.8 Å². The van der Waals surface area contributed by atoms with Crippen LogP contribution in [-0.2, 0) is 14.4 Å². The number of nitrogens with one attached hydrogen (secondary N) is 1. The first kappa shape index (κ1) is 12.9. The van der Waals surface area contributed by atoms with Crippen LogP contribution in [0.4, 0.5) is 0 Å². The van der Waals surface area contributed by atoms with Gasteiger partial charge in [-0.25, -0.2) is 0 Å². The van der Waals surface area contributed by atoms with E-state index in [1.807, 2.05) is 0 Å². The van der Waals surface area contributed by atoms with Crippen molar-refractivity contribution in [3.05, 3.63) is 0 Å². The zero-order valence-electron chi connectivity index (χ0n) is 10.4. The zero-order chi connectivity index (χ0) is 13.3. The summed E-state index contributed by atoms with van der Waals surface area (Å²) < 4.78 is 0. The Labute approximate surface area is 105 Å². The molecule has 2 atom stereocenters. The Morgan fingerprint density at radius 2 is 2.17 bits per heavy atom. The second-order valence-electron chi connectivity index (χ2n) is 5.16. The molecule has 2 N–H and O–H groups in total. The number of carboxylic acids is 1. The number of amides is 2. The molecule has 2 amide bonds. The summed E-state index contributed by atoms with van der Waals surface area (Å²) in [6.07, 6.45) is 2.33. The third kappa shape index (κ3) is 2.80. The summed E-state index contributed by atoms with van der Waals surface area (Å²) in [5, 5.41) is 11.3. The van der Waals surface area contributed by atoms with Crippen LogP contribution in [0.15, 0.2) is 0 Å². The molecule has 0 radical (unpaired) electrons. The Hall–Kier alpha value is -1.59. The Morgan fingerprint density at radius 1 is 1.50 bits per heavy atom. The van der Waals surface area contributed by atoms with Gasteiger partial charge in [0.05, 0.1) is 11.8 Å². The molecule has 0 aromatic rings. The molecule has 1 aliphatic carbocycles. The molecule has 0 aromatic carbocycles. The molecule has 1 saturated carbocycles. The predicted octanol–water partition coefficient (Wildman–Crippen LogP) is -0.166. The average Bonchev–Trinajstić information content (AvgIpc) is 3.09.